The summed E-state index contributed by atoms with van der Waals surface area (Å²) in [7, 11) is 0. The Balaban J connectivity index is 2.39. The SMILES string of the molecule is O=C(O)CCC(O)c1cc[nH]c1. The van der Waals surface area contributed by atoms with Crippen molar-refractivity contribution in [1.29, 1.82) is 0 Å². The van der Waals surface area contributed by atoms with Crippen LogP contribution >= 0.6 is 0 Å². The van der Waals surface area contributed by atoms with Crippen LogP contribution < -0.4 is 0 Å². The average molecular weight is 169 g/mol. The van der Waals surface area contributed by atoms with E-state index in [4.69, 9.17) is 5.11 Å². The monoisotopic (exact) mass is 169 g/mol. The second-order valence-corrected chi connectivity index (χ2v) is 2.59. The highest BCUT2D eigenvalue weighted by Crippen LogP contribution is 2.16. The van der Waals surface area contributed by atoms with Crippen molar-refractivity contribution in [2.45, 2.75) is 18.9 Å². The van der Waals surface area contributed by atoms with Gasteiger partial charge >= 0.3 is 5.97 Å². The van der Waals surface area contributed by atoms with Gasteiger partial charge in [0.15, 0.2) is 0 Å². The summed E-state index contributed by atoms with van der Waals surface area (Å²) >= 11 is 0. The van der Waals surface area contributed by atoms with E-state index in [0.29, 0.717) is 0 Å². The quantitative estimate of drug-likeness (QED) is 0.627. The molecule has 1 aromatic heterocycles. The third kappa shape index (κ3) is 2.39. The standard InChI is InChI=1S/C8H11NO3/c10-7(1-2-8(11)12)6-3-4-9-5-6/h3-5,7,9-10H,1-2H2,(H,11,12). The molecule has 3 N–H and O–H groups in total. The molecule has 0 fully saturated rings. The first-order chi connectivity index (χ1) is 5.70. The summed E-state index contributed by atoms with van der Waals surface area (Å²) in [5.41, 5.74) is 0.733. The zero-order valence-corrected chi connectivity index (χ0v) is 6.53. The van der Waals surface area contributed by atoms with Crippen molar-refractivity contribution in [3.8, 4) is 0 Å². The zero-order chi connectivity index (χ0) is 8.97. The Morgan fingerprint density at radius 2 is 2.42 bits per heavy atom. The third-order valence-corrected chi connectivity index (χ3v) is 1.64. The van der Waals surface area contributed by atoms with E-state index in [1.807, 2.05) is 0 Å². The maximum atomic E-state index is 10.2. The van der Waals surface area contributed by atoms with Gasteiger partial charge in [-0.15, -0.1) is 0 Å². The average Bonchev–Trinajstić information content (AvgIpc) is 2.51. The van der Waals surface area contributed by atoms with Gasteiger partial charge in [0.1, 0.15) is 0 Å². The topological polar surface area (TPSA) is 73.3 Å². The van der Waals surface area contributed by atoms with Crippen molar-refractivity contribution in [2.75, 3.05) is 0 Å². The fourth-order valence-corrected chi connectivity index (χ4v) is 0.971. The predicted octanol–water partition coefficient (Wildman–Crippen LogP) is 0.913. The molecule has 4 heteroatoms. The lowest BCUT2D eigenvalue weighted by Gasteiger charge is -2.05. The molecule has 0 saturated heterocycles. The number of carbonyl (C=O) groups is 1. The van der Waals surface area contributed by atoms with E-state index in [2.05, 4.69) is 4.98 Å². The Morgan fingerprint density at radius 1 is 1.67 bits per heavy atom. The van der Waals surface area contributed by atoms with Crippen LogP contribution in [0.1, 0.15) is 24.5 Å². The van der Waals surface area contributed by atoms with Crippen molar-refractivity contribution >= 4 is 5.97 Å². The largest absolute Gasteiger partial charge is 0.481 e. The first-order valence-electron chi connectivity index (χ1n) is 3.72. The number of H-pyrrole nitrogens is 1. The minimum Gasteiger partial charge on any atom is -0.481 e. The molecule has 1 unspecified atom stereocenters. The van der Waals surface area contributed by atoms with E-state index >= 15 is 0 Å². The first-order valence-corrected chi connectivity index (χ1v) is 3.72. The number of carboxylic acids is 1. The van der Waals surface area contributed by atoms with Gasteiger partial charge in [0.05, 0.1) is 6.10 Å². The number of carboxylic acid groups (broad SMARTS) is 1. The summed E-state index contributed by atoms with van der Waals surface area (Å²) in [4.78, 5) is 12.9. The Hall–Kier alpha value is -1.29. The van der Waals surface area contributed by atoms with Gasteiger partial charge in [-0.1, -0.05) is 0 Å². The number of hydrogen-bond donors (Lipinski definition) is 3. The summed E-state index contributed by atoms with van der Waals surface area (Å²) in [5.74, 6) is -0.885. The van der Waals surface area contributed by atoms with Crippen LogP contribution in [0.25, 0.3) is 0 Å². The van der Waals surface area contributed by atoms with Crippen molar-refractivity contribution < 1.29 is 15.0 Å². The first kappa shape index (κ1) is 8.80. The summed E-state index contributed by atoms with van der Waals surface area (Å²) in [5, 5.41) is 17.7. The molecular weight excluding hydrogens is 158 g/mol. The molecule has 0 amide bonds. The summed E-state index contributed by atoms with van der Waals surface area (Å²) < 4.78 is 0. The van der Waals surface area contributed by atoms with Gasteiger partial charge in [0.25, 0.3) is 0 Å². The van der Waals surface area contributed by atoms with Gasteiger partial charge in [0, 0.05) is 18.8 Å². The molecule has 0 aliphatic carbocycles. The number of aliphatic hydroxyl groups excluding tert-OH is 1. The van der Waals surface area contributed by atoms with Crippen molar-refractivity contribution in [3.63, 3.8) is 0 Å². The fourth-order valence-electron chi connectivity index (χ4n) is 0.971. The Labute approximate surface area is 69.9 Å². The molecule has 0 aromatic carbocycles. The highest BCUT2D eigenvalue weighted by molar-refractivity contribution is 5.66. The van der Waals surface area contributed by atoms with Crippen LogP contribution in [0.15, 0.2) is 18.5 Å². The van der Waals surface area contributed by atoms with Crippen LogP contribution in [0.3, 0.4) is 0 Å². The van der Waals surface area contributed by atoms with Gasteiger partial charge in [-0.25, -0.2) is 0 Å². The van der Waals surface area contributed by atoms with Gasteiger partial charge in [0.2, 0.25) is 0 Å². The summed E-state index contributed by atoms with van der Waals surface area (Å²) in [6.07, 6.45) is 2.93. The molecule has 1 aromatic rings. The summed E-state index contributed by atoms with van der Waals surface area (Å²) in [6.45, 7) is 0. The highest BCUT2D eigenvalue weighted by atomic mass is 16.4. The van der Waals surface area contributed by atoms with Gasteiger partial charge < -0.3 is 15.2 Å². The number of aromatic nitrogens is 1. The molecule has 12 heavy (non-hydrogen) atoms. The molecule has 66 valence electrons. The molecule has 1 heterocycles. The fraction of sp³-hybridized carbons (Fsp3) is 0.375. The number of nitrogens with one attached hydrogen (secondary N) is 1. The number of aromatic amines is 1. The van der Waals surface area contributed by atoms with Crippen LogP contribution in [0.4, 0.5) is 0 Å². The molecule has 1 rings (SSSR count). The van der Waals surface area contributed by atoms with Crippen molar-refractivity contribution in [1.82, 2.24) is 4.98 Å². The Morgan fingerprint density at radius 3 is 2.92 bits per heavy atom. The van der Waals surface area contributed by atoms with Gasteiger partial charge in [-0.2, -0.15) is 0 Å². The molecule has 4 nitrogen and oxygen atoms in total. The Bertz CT molecular complexity index is 243. The second kappa shape index (κ2) is 3.92. The summed E-state index contributed by atoms with van der Waals surface area (Å²) in [6, 6.07) is 1.73. The minimum atomic E-state index is -0.885. The van der Waals surface area contributed by atoms with E-state index in [1.54, 1.807) is 18.5 Å². The number of rotatable bonds is 4. The lowest BCUT2D eigenvalue weighted by Crippen LogP contribution is -2.01. The van der Waals surface area contributed by atoms with E-state index in [-0.39, 0.29) is 12.8 Å². The highest BCUT2D eigenvalue weighted by Gasteiger charge is 2.09. The second-order valence-electron chi connectivity index (χ2n) is 2.59. The van der Waals surface area contributed by atoms with Crippen LogP contribution in [0, 0.1) is 0 Å². The number of hydrogen-bond acceptors (Lipinski definition) is 2. The predicted molar refractivity (Wildman–Crippen MR) is 42.6 cm³/mol. The van der Waals surface area contributed by atoms with Crippen LogP contribution in [0.2, 0.25) is 0 Å². The van der Waals surface area contributed by atoms with Crippen LogP contribution in [0.5, 0.6) is 0 Å². The molecule has 0 saturated carbocycles. The molecule has 0 aliphatic heterocycles. The van der Waals surface area contributed by atoms with E-state index in [9.17, 15) is 9.90 Å². The molecular formula is C8H11NO3. The lowest BCUT2D eigenvalue weighted by molar-refractivity contribution is -0.137. The lowest BCUT2D eigenvalue weighted by atomic mass is 10.1. The van der Waals surface area contributed by atoms with E-state index in [1.165, 1.54) is 0 Å². The molecule has 0 aliphatic rings. The molecule has 0 radical (unpaired) electrons. The van der Waals surface area contributed by atoms with E-state index in [0.717, 1.165) is 5.56 Å². The normalized spacial score (nSPS) is 12.8. The van der Waals surface area contributed by atoms with Crippen molar-refractivity contribution in [2.24, 2.45) is 0 Å². The third-order valence-electron chi connectivity index (χ3n) is 1.64. The number of aliphatic hydroxyl groups is 1. The minimum absolute atomic E-state index is 0.00759. The van der Waals surface area contributed by atoms with Gasteiger partial charge in [-0.05, 0) is 18.1 Å². The maximum Gasteiger partial charge on any atom is 0.303 e. The van der Waals surface area contributed by atoms with Crippen molar-refractivity contribution in [3.05, 3.63) is 24.0 Å². The zero-order valence-electron chi connectivity index (χ0n) is 6.53. The molecule has 0 bridgehead atoms. The molecule has 1 atom stereocenters. The smallest absolute Gasteiger partial charge is 0.303 e. The van der Waals surface area contributed by atoms with Gasteiger partial charge in [-0.3, -0.25) is 4.79 Å². The maximum absolute atomic E-state index is 10.2. The Kier molecular flexibility index (Phi) is 2.88. The van der Waals surface area contributed by atoms with E-state index < -0.39 is 12.1 Å². The molecule has 0 spiro atoms. The van der Waals surface area contributed by atoms with Crippen LogP contribution in [-0.2, 0) is 4.79 Å². The number of aliphatic carboxylic acids is 1. The van der Waals surface area contributed by atoms with Crippen LogP contribution in [-0.4, -0.2) is 21.2 Å².